The zero-order chi connectivity index (χ0) is 24.7. The first-order chi connectivity index (χ1) is 17.5. The number of benzene rings is 2. The van der Waals surface area contributed by atoms with Crippen LogP contribution in [0.3, 0.4) is 0 Å². The number of carbonyl (C=O) groups is 1. The summed E-state index contributed by atoms with van der Waals surface area (Å²) in [4.78, 5) is 25.7. The van der Waals surface area contributed by atoms with Crippen LogP contribution in [0.25, 0.3) is 10.9 Å². The van der Waals surface area contributed by atoms with Gasteiger partial charge in [0.05, 0.1) is 29.4 Å². The lowest BCUT2D eigenvalue weighted by Gasteiger charge is -2.28. The number of quaternary nitrogens is 1. The molecule has 1 atom stereocenters. The number of para-hydroxylation sites is 1. The molecule has 1 unspecified atom stereocenters. The van der Waals surface area contributed by atoms with Gasteiger partial charge >= 0.3 is 5.97 Å². The lowest BCUT2D eigenvalue weighted by Crippen LogP contribution is -2.53. The van der Waals surface area contributed by atoms with Gasteiger partial charge in [0.2, 0.25) is 5.70 Å². The number of amidine groups is 1. The van der Waals surface area contributed by atoms with E-state index in [1.165, 1.54) is 0 Å². The van der Waals surface area contributed by atoms with Crippen LogP contribution in [0.15, 0.2) is 94.4 Å². The standard InChI is InChI=1S/C28H26N6O2/c29-34-15-14-30-17-24(34)26(19-7-9-20(10-8-19)28(35)36)33-27(34)21-11-6-18-12-13-25(32-23(18)16-21)31-22-4-2-1-3-5-22/h1-6,11-17,19-20H,7-10,29H2,(H-,31,32,35,36)/p+1. The van der Waals surface area contributed by atoms with Gasteiger partial charge in [0.15, 0.2) is 0 Å². The van der Waals surface area contributed by atoms with E-state index in [4.69, 9.17) is 15.8 Å². The average Bonchev–Trinajstić information content (AvgIpc) is 3.22. The number of fused-ring (bicyclic) bond motifs is 2. The van der Waals surface area contributed by atoms with Gasteiger partial charge in [-0.3, -0.25) is 9.79 Å². The van der Waals surface area contributed by atoms with E-state index in [0.717, 1.165) is 52.2 Å². The summed E-state index contributed by atoms with van der Waals surface area (Å²) < 4.78 is -0.0504. The average molecular weight is 480 g/mol. The maximum absolute atomic E-state index is 11.4. The van der Waals surface area contributed by atoms with E-state index in [0.29, 0.717) is 18.7 Å². The number of carboxylic acid groups (broad SMARTS) is 1. The molecule has 0 bridgehead atoms. The van der Waals surface area contributed by atoms with Gasteiger partial charge in [-0.05, 0) is 62.1 Å². The number of rotatable bonds is 5. The Kier molecular flexibility index (Phi) is 5.47. The molecule has 6 rings (SSSR count). The summed E-state index contributed by atoms with van der Waals surface area (Å²) in [5.74, 6) is 7.58. The van der Waals surface area contributed by atoms with Crippen molar-refractivity contribution in [1.29, 1.82) is 0 Å². The number of aliphatic imine (C=N–C) groups is 2. The number of nitrogens with one attached hydrogen (secondary N) is 1. The van der Waals surface area contributed by atoms with Gasteiger partial charge in [-0.2, -0.15) is 10.8 Å². The first kappa shape index (κ1) is 22.3. The number of anilines is 2. The quantitative estimate of drug-likeness (QED) is 0.349. The highest BCUT2D eigenvalue weighted by Gasteiger charge is 2.46. The lowest BCUT2D eigenvalue weighted by molar-refractivity contribution is -0.750. The second-order valence-corrected chi connectivity index (χ2v) is 9.54. The Bertz CT molecular complexity index is 1470. The van der Waals surface area contributed by atoms with Crippen molar-refractivity contribution in [2.45, 2.75) is 25.7 Å². The van der Waals surface area contributed by atoms with Crippen molar-refractivity contribution in [3.63, 3.8) is 0 Å². The number of aromatic nitrogens is 1. The van der Waals surface area contributed by atoms with E-state index in [-0.39, 0.29) is 16.4 Å². The number of hydrogen-bond donors (Lipinski definition) is 3. The summed E-state index contributed by atoms with van der Waals surface area (Å²) in [6.07, 6.45) is 8.18. The molecule has 3 aromatic rings. The second kappa shape index (κ2) is 8.82. The maximum Gasteiger partial charge on any atom is 0.306 e. The molecule has 3 heterocycles. The van der Waals surface area contributed by atoms with E-state index < -0.39 is 5.97 Å². The van der Waals surface area contributed by atoms with Gasteiger partial charge in [-0.1, -0.05) is 24.3 Å². The Balaban J connectivity index is 1.35. The minimum atomic E-state index is -0.711. The Morgan fingerprint density at radius 1 is 1.03 bits per heavy atom. The van der Waals surface area contributed by atoms with Crippen LogP contribution in [0.5, 0.6) is 0 Å². The van der Waals surface area contributed by atoms with Gasteiger partial charge < -0.3 is 10.4 Å². The van der Waals surface area contributed by atoms with Crippen molar-refractivity contribution in [3.8, 4) is 0 Å². The monoisotopic (exact) mass is 479 g/mol. The molecule has 3 aliphatic rings. The molecule has 1 saturated carbocycles. The molecule has 4 N–H and O–H groups in total. The summed E-state index contributed by atoms with van der Waals surface area (Å²) >= 11 is 0. The van der Waals surface area contributed by atoms with Crippen LogP contribution in [0.1, 0.15) is 31.2 Å². The van der Waals surface area contributed by atoms with Gasteiger partial charge in [0.25, 0.3) is 5.84 Å². The minimum Gasteiger partial charge on any atom is -0.481 e. The molecule has 0 radical (unpaired) electrons. The summed E-state index contributed by atoms with van der Waals surface area (Å²) in [5, 5.41) is 13.8. The Hall–Kier alpha value is -4.14. The Labute approximate surface area is 208 Å². The lowest BCUT2D eigenvalue weighted by atomic mass is 9.80. The largest absolute Gasteiger partial charge is 0.481 e. The molecular formula is C28H27N6O2+. The minimum absolute atomic E-state index is 0.0504. The van der Waals surface area contributed by atoms with Crippen LogP contribution in [0.2, 0.25) is 0 Å². The zero-order valence-corrected chi connectivity index (χ0v) is 19.7. The molecule has 180 valence electrons. The van der Waals surface area contributed by atoms with Crippen molar-refractivity contribution in [2.75, 3.05) is 5.32 Å². The molecule has 2 aliphatic heterocycles. The second-order valence-electron chi connectivity index (χ2n) is 9.54. The number of nitrogens with two attached hydrogens (primary N) is 1. The van der Waals surface area contributed by atoms with E-state index in [1.54, 1.807) is 12.4 Å². The third-order valence-electron chi connectivity index (χ3n) is 7.28. The Morgan fingerprint density at radius 2 is 1.81 bits per heavy atom. The number of nitrogens with zero attached hydrogens (tertiary/aromatic N) is 4. The number of aliphatic carboxylic acids is 1. The molecule has 0 amide bonds. The Morgan fingerprint density at radius 3 is 2.58 bits per heavy atom. The highest BCUT2D eigenvalue weighted by molar-refractivity contribution is 6.02. The van der Waals surface area contributed by atoms with Crippen molar-refractivity contribution in [3.05, 3.63) is 90.0 Å². The molecular weight excluding hydrogens is 452 g/mol. The SMILES string of the molecule is N[N+]12C=CN=CC1=C(C1CCC(C(=O)O)CC1)N=C2c1ccc2ccc(Nc3ccccc3)nc2c1. The van der Waals surface area contributed by atoms with Crippen molar-refractivity contribution >= 4 is 40.4 Å². The van der Waals surface area contributed by atoms with Crippen LogP contribution in [0, 0.1) is 11.8 Å². The number of pyridine rings is 1. The fourth-order valence-corrected chi connectivity index (χ4v) is 5.32. The first-order valence-corrected chi connectivity index (χ1v) is 12.2. The normalized spacial score (nSPS) is 25.1. The molecule has 8 nitrogen and oxygen atoms in total. The smallest absolute Gasteiger partial charge is 0.306 e. The summed E-state index contributed by atoms with van der Waals surface area (Å²) in [6, 6.07) is 20.1. The van der Waals surface area contributed by atoms with Gasteiger partial charge in [-0.25, -0.2) is 4.98 Å². The van der Waals surface area contributed by atoms with Crippen LogP contribution in [-0.4, -0.2) is 32.7 Å². The fraction of sp³-hybridized carbons (Fsp3) is 0.214. The van der Waals surface area contributed by atoms with Crippen LogP contribution < -0.4 is 11.2 Å². The molecule has 0 saturated heterocycles. The molecule has 1 aliphatic carbocycles. The fourth-order valence-electron chi connectivity index (χ4n) is 5.32. The molecule has 1 fully saturated rings. The van der Waals surface area contributed by atoms with E-state index >= 15 is 0 Å². The maximum atomic E-state index is 11.4. The van der Waals surface area contributed by atoms with Crippen LogP contribution >= 0.6 is 0 Å². The van der Waals surface area contributed by atoms with Gasteiger partial charge in [-0.15, -0.1) is 4.59 Å². The molecule has 36 heavy (non-hydrogen) atoms. The predicted molar refractivity (Wildman–Crippen MR) is 140 cm³/mol. The summed E-state index contributed by atoms with van der Waals surface area (Å²) in [7, 11) is 0. The highest BCUT2D eigenvalue weighted by Crippen LogP contribution is 2.41. The number of carboxylic acids is 1. The third-order valence-corrected chi connectivity index (χ3v) is 7.28. The van der Waals surface area contributed by atoms with Crippen molar-refractivity contribution in [2.24, 2.45) is 27.7 Å². The number of allylic oxidation sites excluding steroid dienone is 2. The molecule has 8 heteroatoms. The van der Waals surface area contributed by atoms with E-state index in [2.05, 4.69) is 10.3 Å². The highest BCUT2D eigenvalue weighted by atomic mass is 16.4. The third kappa shape index (κ3) is 3.90. The molecule has 2 aromatic carbocycles. The molecule has 1 aromatic heterocycles. The van der Waals surface area contributed by atoms with Gasteiger partial charge in [0.1, 0.15) is 17.7 Å². The summed E-state index contributed by atoms with van der Waals surface area (Å²) in [5.41, 5.74) is 4.46. The number of hydrogen-bond acceptors (Lipinski definition) is 6. The van der Waals surface area contributed by atoms with Crippen molar-refractivity contribution in [1.82, 2.24) is 4.98 Å². The van der Waals surface area contributed by atoms with E-state index in [1.807, 2.05) is 66.9 Å². The predicted octanol–water partition coefficient (Wildman–Crippen LogP) is 5.09. The van der Waals surface area contributed by atoms with Crippen LogP contribution in [-0.2, 0) is 4.79 Å². The topological polar surface area (TPSA) is 113 Å². The molecule has 0 spiro atoms. The first-order valence-electron chi connectivity index (χ1n) is 12.2. The van der Waals surface area contributed by atoms with Gasteiger partial charge in [0, 0.05) is 17.0 Å². The van der Waals surface area contributed by atoms with E-state index in [9.17, 15) is 9.90 Å². The summed E-state index contributed by atoms with van der Waals surface area (Å²) in [6.45, 7) is 0. The zero-order valence-electron chi connectivity index (χ0n) is 19.7. The van der Waals surface area contributed by atoms with Crippen molar-refractivity contribution < 1.29 is 14.5 Å². The van der Waals surface area contributed by atoms with Crippen LogP contribution in [0.4, 0.5) is 11.5 Å².